The second-order valence-electron chi connectivity index (χ2n) is 4.29. The molecule has 0 aliphatic heterocycles. The molecule has 20 heavy (non-hydrogen) atoms. The van der Waals surface area contributed by atoms with Crippen LogP contribution in [0.25, 0.3) is 0 Å². The summed E-state index contributed by atoms with van der Waals surface area (Å²) in [6, 6.07) is 8.97. The van der Waals surface area contributed by atoms with Crippen LogP contribution in [0, 0.1) is 11.3 Å². The largest absolute Gasteiger partial charge is 0.399 e. The number of carbonyl (C=O) groups excluding carboxylic acids is 2. The minimum Gasteiger partial charge on any atom is -0.399 e. The fourth-order valence-electron chi connectivity index (χ4n) is 1.73. The molecule has 7 heteroatoms. The van der Waals surface area contributed by atoms with Crippen molar-refractivity contribution >= 4 is 17.5 Å². The summed E-state index contributed by atoms with van der Waals surface area (Å²) in [6.45, 7) is 0.240. The molecule has 1 aromatic carbocycles. The number of hydrogen-bond acceptors (Lipinski definition) is 5. The predicted octanol–water partition coefficient (Wildman–Crippen LogP) is -0.804. The number of anilines is 1. The van der Waals surface area contributed by atoms with Crippen LogP contribution in [-0.4, -0.2) is 36.3 Å². The molecule has 7 nitrogen and oxygen atoms in total. The number of hydrogen-bond donors (Lipinski definition) is 3. The zero-order chi connectivity index (χ0) is 15.0. The summed E-state index contributed by atoms with van der Waals surface area (Å²) in [6.07, 6.45) is 0. The number of nitrogen functional groups attached to an aromatic ring is 1. The molecule has 0 fully saturated rings. The molecular formula is C13H17N5O2. The van der Waals surface area contributed by atoms with Crippen LogP contribution in [0.4, 0.5) is 5.69 Å². The molecule has 0 unspecified atom stereocenters. The Morgan fingerprint density at radius 1 is 1.35 bits per heavy atom. The number of nitrogens with two attached hydrogens (primary N) is 2. The summed E-state index contributed by atoms with van der Waals surface area (Å²) >= 11 is 0. The van der Waals surface area contributed by atoms with E-state index in [4.69, 9.17) is 16.7 Å². The number of amides is 2. The van der Waals surface area contributed by atoms with E-state index in [0.29, 0.717) is 12.2 Å². The zero-order valence-electron chi connectivity index (χ0n) is 11.0. The van der Waals surface area contributed by atoms with E-state index >= 15 is 0 Å². The highest BCUT2D eigenvalue weighted by molar-refractivity contribution is 5.80. The molecule has 1 aromatic rings. The fraction of sp³-hybridized carbons (Fsp3) is 0.308. The van der Waals surface area contributed by atoms with Crippen molar-refractivity contribution < 1.29 is 9.59 Å². The van der Waals surface area contributed by atoms with Crippen molar-refractivity contribution in [3.8, 4) is 6.07 Å². The average molecular weight is 275 g/mol. The van der Waals surface area contributed by atoms with E-state index in [-0.39, 0.29) is 25.5 Å². The topological polar surface area (TPSA) is 125 Å². The highest BCUT2D eigenvalue weighted by Crippen LogP contribution is 2.09. The van der Waals surface area contributed by atoms with Crippen molar-refractivity contribution in [2.75, 3.05) is 25.4 Å². The third-order valence-electron chi connectivity index (χ3n) is 2.47. The smallest absolute Gasteiger partial charge is 0.235 e. The summed E-state index contributed by atoms with van der Waals surface area (Å²) in [5.41, 5.74) is 12.3. The first-order valence-corrected chi connectivity index (χ1v) is 6.00. The Balaban J connectivity index is 2.67. The average Bonchev–Trinajstić information content (AvgIpc) is 2.35. The lowest BCUT2D eigenvalue weighted by Crippen LogP contribution is -2.41. The molecule has 0 aliphatic rings. The summed E-state index contributed by atoms with van der Waals surface area (Å²) in [7, 11) is 0. The van der Waals surface area contributed by atoms with Gasteiger partial charge in [0.25, 0.3) is 0 Å². The van der Waals surface area contributed by atoms with E-state index in [1.165, 1.54) is 0 Å². The third kappa shape index (κ3) is 5.84. The van der Waals surface area contributed by atoms with Crippen molar-refractivity contribution in [1.82, 2.24) is 10.2 Å². The van der Waals surface area contributed by atoms with Crippen LogP contribution < -0.4 is 16.8 Å². The number of nitrogens with one attached hydrogen (secondary N) is 1. The van der Waals surface area contributed by atoms with Crippen LogP contribution in [0.5, 0.6) is 0 Å². The number of benzene rings is 1. The Labute approximate surface area is 117 Å². The van der Waals surface area contributed by atoms with Gasteiger partial charge in [-0.25, -0.2) is 0 Å². The Morgan fingerprint density at radius 3 is 2.70 bits per heavy atom. The van der Waals surface area contributed by atoms with Crippen molar-refractivity contribution in [2.24, 2.45) is 5.73 Å². The molecule has 0 saturated heterocycles. The summed E-state index contributed by atoms with van der Waals surface area (Å²) in [5, 5.41) is 10.8. The van der Waals surface area contributed by atoms with E-state index in [1.807, 2.05) is 12.1 Å². The van der Waals surface area contributed by atoms with Gasteiger partial charge in [0.2, 0.25) is 11.8 Å². The lowest BCUT2D eigenvalue weighted by Gasteiger charge is -2.20. The van der Waals surface area contributed by atoms with Crippen molar-refractivity contribution in [3.63, 3.8) is 0 Å². The molecule has 2 amide bonds. The first-order valence-electron chi connectivity index (χ1n) is 6.00. The number of rotatable bonds is 7. The van der Waals surface area contributed by atoms with Gasteiger partial charge in [0, 0.05) is 12.2 Å². The molecule has 0 aromatic heterocycles. The molecule has 0 atom stereocenters. The molecule has 1 rings (SSSR count). The number of nitriles is 1. The molecule has 106 valence electrons. The van der Waals surface area contributed by atoms with E-state index < -0.39 is 5.91 Å². The van der Waals surface area contributed by atoms with E-state index in [9.17, 15) is 9.59 Å². The van der Waals surface area contributed by atoms with Gasteiger partial charge in [0.15, 0.2) is 0 Å². The molecule has 0 aliphatic carbocycles. The van der Waals surface area contributed by atoms with Gasteiger partial charge in [0.1, 0.15) is 6.54 Å². The SMILES string of the molecule is N#CCNC(=O)CN(CC(N)=O)Cc1cccc(N)c1. The minimum absolute atomic E-state index is 0.0145. The normalized spacial score (nSPS) is 10.0. The highest BCUT2D eigenvalue weighted by Gasteiger charge is 2.13. The Kier molecular flexibility index (Phi) is 6.00. The van der Waals surface area contributed by atoms with Crippen molar-refractivity contribution in [3.05, 3.63) is 29.8 Å². The monoisotopic (exact) mass is 275 g/mol. The van der Waals surface area contributed by atoms with Crippen molar-refractivity contribution in [2.45, 2.75) is 6.54 Å². The quantitative estimate of drug-likeness (QED) is 0.443. The van der Waals surface area contributed by atoms with Crippen LogP contribution >= 0.6 is 0 Å². The second kappa shape index (κ2) is 7.76. The number of carbonyl (C=O) groups is 2. The first-order chi connectivity index (χ1) is 9.51. The van der Waals surface area contributed by atoms with E-state index in [0.717, 1.165) is 5.56 Å². The highest BCUT2D eigenvalue weighted by atomic mass is 16.2. The fourth-order valence-corrected chi connectivity index (χ4v) is 1.73. The first kappa shape index (κ1) is 15.5. The maximum absolute atomic E-state index is 11.6. The van der Waals surface area contributed by atoms with E-state index in [1.54, 1.807) is 23.1 Å². The van der Waals surface area contributed by atoms with E-state index in [2.05, 4.69) is 5.32 Å². The molecule has 0 bridgehead atoms. The second-order valence-corrected chi connectivity index (χ2v) is 4.29. The zero-order valence-corrected chi connectivity index (χ0v) is 11.0. The lowest BCUT2D eigenvalue weighted by atomic mass is 10.2. The summed E-state index contributed by atoms with van der Waals surface area (Å²) < 4.78 is 0. The van der Waals surface area contributed by atoms with Crippen molar-refractivity contribution in [1.29, 1.82) is 5.26 Å². The predicted molar refractivity (Wildman–Crippen MR) is 73.9 cm³/mol. The van der Waals surface area contributed by atoms with Crippen LogP contribution in [-0.2, 0) is 16.1 Å². The molecule has 0 saturated carbocycles. The summed E-state index contributed by atoms with van der Waals surface area (Å²) in [5.74, 6) is -0.862. The maximum atomic E-state index is 11.6. The van der Waals surface area contributed by atoms with Gasteiger partial charge in [-0.15, -0.1) is 0 Å². The Morgan fingerprint density at radius 2 is 2.10 bits per heavy atom. The minimum atomic E-state index is -0.526. The van der Waals surface area contributed by atoms with Crippen LogP contribution in [0.2, 0.25) is 0 Å². The van der Waals surface area contributed by atoms with Gasteiger partial charge in [-0.2, -0.15) is 5.26 Å². The van der Waals surface area contributed by atoms with Gasteiger partial charge in [-0.1, -0.05) is 12.1 Å². The molecule has 0 heterocycles. The molecule has 5 N–H and O–H groups in total. The molecular weight excluding hydrogens is 258 g/mol. The van der Waals surface area contributed by atoms with Gasteiger partial charge in [0.05, 0.1) is 19.2 Å². The van der Waals surface area contributed by atoms with Gasteiger partial charge >= 0.3 is 0 Å². The summed E-state index contributed by atoms with van der Waals surface area (Å²) in [4.78, 5) is 24.2. The molecule has 0 radical (unpaired) electrons. The lowest BCUT2D eigenvalue weighted by molar-refractivity contribution is -0.123. The van der Waals surface area contributed by atoms with Crippen LogP contribution in [0.3, 0.4) is 0 Å². The van der Waals surface area contributed by atoms with Gasteiger partial charge in [-0.05, 0) is 17.7 Å². The number of primary amides is 1. The molecule has 0 spiro atoms. The third-order valence-corrected chi connectivity index (χ3v) is 2.47. The van der Waals surface area contributed by atoms with Crippen LogP contribution in [0.1, 0.15) is 5.56 Å². The Hall–Kier alpha value is -2.59. The maximum Gasteiger partial charge on any atom is 0.235 e. The van der Waals surface area contributed by atoms with Gasteiger partial charge < -0.3 is 16.8 Å². The standard InChI is InChI=1S/C13H17N5O2/c14-4-5-17-13(20)9-18(8-12(16)19)7-10-2-1-3-11(15)6-10/h1-3,6H,5,7-9,15H2,(H2,16,19)(H,17,20). The Bertz CT molecular complexity index is 524. The van der Waals surface area contributed by atoms with Crippen LogP contribution in [0.15, 0.2) is 24.3 Å². The van der Waals surface area contributed by atoms with Gasteiger partial charge in [-0.3, -0.25) is 14.5 Å². The number of nitrogens with zero attached hydrogens (tertiary/aromatic N) is 2.